The van der Waals surface area contributed by atoms with E-state index >= 15 is 0 Å². The summed E-state index contributed by atoms with van der Waals surface area (Å²) in [5.74, 6) is 1.99. The van der Waals surface area contributed by atoms with E-state index in [9.17, 15) is 4.79 Å². The number of para-hydroxylation sites is 2. The van der Waals surface area contributed by atoms with Crippen LogP contribution < -0.4 is 15.2 Å². The van der Waals surface area contributed by atoms with E-state index < -0.39 is 0 Å². The van der Waals surface area contributed by atoms with Gasteiger partial charge in [0, 0.05) is 19.5 Å². The van der Waals surface area contributed by atoms with Gasteiger partial charge in [-0.2, -0.15) is 0 Å². The van der Waals surface area contributed by atoms with Crippen molar-refractivity contribution in [3.63, 3.8) is 0 Å². The molecule has 2 aliphatic rings. The molecule has 134 valence electrons. The standard InChI is InChI=1S/C18H26N2O3.ClH/c1-20(18(21)10-13-6-2-3-7-15(13)19)11-14-12-22-16-8-4-5-9-17(16)23-14;/h4-5,8-9,13-15H,2-3,6-7,10-12,19H2,1H3;1H. The summed E-state index contributed by atoms with van der Waals surface area (Å²) >= 11 is 0. The van der Waals surface area contributed by atoms with E-state index in [-0.39, 0.29) is 30.5 Å². The summed E-state index contributed by atoms with van der Waals surface area (Å²) in [5, 5.41) is 0. The molecule has 0 aromatic heterocycles. The maximum atomic E-state index is 12.5. The molecule has 3 atom stereocenters. The third-order valence-electron chi connectivity index (χ3n) is 4.88. The predicted octanol–water partition coefficient (Wildman–Crippen LogP) is 2.61. The van der Waals surface area contributed by atoms with Gasteiger partial charge in [0.25, 0.3) is 0 Å². The molecule has 1 saturated carbocycles. The molecular formula is C18H27ClN2O3. The van der Waals surface area contributed by atoms with Crippen molar-refractivity contribution in [1.29, 1.82) is 0 Å². The van der Waals surface area contributed by atoms with Crippen LogP contribution in [0.15, 0.2) is 24.3 Å². The molecule has 5 nitrogen and oxygen atoms in total. The van der Waals surface area contributed by atoms with Gasteiger partial charge >= 0.3 is 0 Å². The average Bonchev–Trinajstić information content (AvgIpc) is 2.56. The van der Waals surface area contributed by atoms with Crippen molar-refractivity contribution >= 4 is 18.3 Å². The smallest absolute Gasteiger partial charge is 0.222 e. The first-order chi connectivity index (χ1) is 11.1. The van der Waals surface area contributed by atoms with Gasteiger partial charge in [-0.25, -0.2) is 0 Å². The lowest BCUT2D eigenvalue weighted by atomic mass is 9.83. The zero-order chi connectivity index (χ0) is 16.2. The Bertz CT molecular complexity index is 555. The highest BCUT2D eigenvalue weighted by atomic mass is 35.5. The summed E-state index contributed by atoms with van der Waals surface area (Å²) < 4.78 is 11.6. The topological polar surface area (TPSA) is 64.8 Å². The maximum absolute atomic E-state index is 12.5. The van der Waals surface area contributed by atoms with Crippen LogP contribution in [-0.4, -0.2) is 43.2 Å². The fraction of sp³-hybridized carbons (Fsp3) is 0.611. The van der Waals surface area contributed by atoms with Gasteiger partial charge in [-0.3, -0.25) is 4.79 Å². The van der Waals surface area contributed by atoms with E-state index in [2.05, 4.69) is 0 Å². The summed E-state index contributed by atoms with van der Waals surface area (Å²) in [7, 11) is 1.83. The predicted molar refractivity (Wildman–Crippen MR) is 95.8 cm³/mol. The molecule has 1 aromatic rings. The van der Waals surface area contributed by atoms with Crippen LogP contribution in [0.5, 0.6) is 11.5 Å². The first-order valence-electron chi connectivity index (χ1n) is 8.51. The summed E-state index contributed by atoms with van der Waals surface area (Å²) in [4.78, 5) is 14.2. The van der Waals surface area contributed by atoms with Crippen LogP contribution in [0, 0.1) is 5.92 Å². The van der Waals surface area contributed by atoms with Crippen LogP contribution in [-0.2, 0) is 4.79 Å². The third-order valence-corrected chi connectivity index (χ3v) is 4.88. The number of carbonyl (C=O) groups excluding carboxylic acids is 1. The van der Waals surface area contributed by atoms with Gasteiger partial charge in [0.05, 0.1) is 6.54 Å². The van der Waals surface area contributed by atoms with E-state index in [1.165, 1.54) is 12.8 Å². The lowest BCUT2D eigenvalue weighted by Gasteiger charge is -2.32. The number of hydrogen-bond acceptors (Lipinski definition) is 4. The van der Waals surface area contributed by atoms with Gasteiger partial charge in [0.15, 0.2) is 17.6 Å². The Morgan fingerprint density at radius 3 is 2.71 bits per heavy atom. The summed E-state index contributed by atoms with van der Waals surface area (Å²) in [5.41, 5.74) is 6.15. The van der Waals surface area contributed by atoms with Gasteiger partial charge in [-0.05, 0) is 30.9 Å². The molecule has 6 heteroatoms. The first-order valence-corrected chi connectivity index (χ1v) is 8.51. The van der Waals surface area contributed by atoms with Crippen LogP contribution in [0.3, 0.4) is 0 Å². The number of ether oxygens (including phenoxy) is 2. The number of amides is 1. The Balaban J connectivity index is 0.00000208. The van der Waals surface area contributed by atoms with Gasteiger partial charge in [0.2, 0.25) is 5.91 Å². The third kappa shape index (κ3) is 4.54. The molecule has 0 saturated heterocycles. The van der Waals surface area contributed by atoms with Gasteiger partial charge in [0.1, 0.15) is 6.61 Å². The van der Waals surface area contributed by atoms with Crippen molar-refractivity contribution in [2.45, 2.75) is 44.2 Å². The van der Waals surface area contributed by atoms with Crippen LogP contribution in [0.1, 0.15) is 32.1 Å². The van der Waals surface area contributed by atoms with Crippen LogP contribution in [0.25, 0.3) is 0 Å². The Hall–Kier alpha value is -1.46. The molecule has 3 unspecified atom stereocenters. The van der Waals surface area contributed by atoms with Crippen molar-refractivity contribution in [3.8, 4) is 11.5 Å². The molecule has 2 N–H and O–H groups in total. The minimum Gasteiger partial charge on any atom is -0.486 e. The summed E-state index contributed by atoms with van der Waals surface area (Å²) in [6.45, 7) is 1.01. The highest BCUT2D eigenvalue weighted by Gasteiger charge is 2.28. The number of carbonyl (C=O) groups is 1. The number of likely N-dealkylation sites (N-methyl/N-ethyl adjacent to an activating group) is 1. The van der Waals surface area contributed by atoms with Crippen molar-refractivity contribution in [1.82, 2.24) is 4.90 Å². The molecule has 1 aliphatic carbocycles. The Labute approximate surface area is 149 Å². The number of rotatable bonds is 4. The normalized spacial score (nSPS) is 25.5. The Morgan fingerprint density at radius 1 is 1.25 bits per heavy atom. The molecule has 0 spiro atoms. The van der Waals surface area contributed by atoms with Crippen LogP contribution >= 0.6 is 12.4 Å². The molecule has 3 rings (SSSR count). The lowest BCUT2D eigenvalue weighted by molar-refractivity contribution is -0.132. The monoisotopic (exact) mass is 354 g/mol. The highest BCUT2D eigenvalue weighted by molar-refractivity contribution is 5.85. The molecular weight excluding hydrogens is 328 g/mol. The number of fused-ring (bicyclic) bond motifs is 1. The van der Waals surface area contributed by atoms with Gasteiger partial charge in [-0.1, -0.05) is 25.0 Å². The fourth-order valence-corrected chi connectivity index (χ4v) is 3.43. The van der Waals surface area contributed by atoms with E-state index in [0.29, 0.717) is 25.5 Å². The summed E-state index contributed by atoms with van der Waals surface area (Å²) in [6.07, 6.45) is 4.90. The SMILES string of the molecule is CN(CC1COc2ccccc2O1)C(=O)CC1CCCCC1N.Cl. The van der Waals surface area contributed by atoms with Crippen LogP contribution in [0.4, 0.5) is 0 Å². The highest BCUT2D eigenvalue weighted by Crippen LogP contribution is 2.31. The molecule has 1 fully saturated rings. The van der Waals surface area contributed by atoms with E-state index in [1.54, 1.807) is 4.90 Å². The molecule has 1 heterocycles. The van der Waals surface area contributed by atoms with E-state index in [1.807, 2.05) is 31.3 Å². The minimum absolute atomic E-state index is 0. The maximum Gasteiger partial charge on any atom is 0.222 e. The van der Waals surface area contributed by atoms with Gasteiger partial charge < -0.3 is 20.1 Å². The van der Waals surface area contributed by atoms with E-state index in [0.717, 1.165) is 24.3 Å². The zero-order valence-corrected chi connectivity index (χ0v) is 15.0. The average molecular weight is 355 g/mol. The second-order valence-electron chi connectivity index (χ2n) is 6.68. The van der Waals surface area contributed by atoms with Crippen molar-refractivity contribution in [3.05, 3.63) is 24.3 Å². The zero-order valence-electron chi connectivity index (χ0n) is 14.1. The van der Waals surface area contributed by atoms with E-state index in [4.69, 9.17) is 15.2 Å². The molecule has 1 aromatic carbocycles. The fourth-order valence-electron chi connectivity index (χ4n) is 3.43. The molecule has 0 bridgehead atoms. The second-order valence-corrected chi connectivity index (χ2v) is 6.68. The minimum atomic E-state index is -0.126. The molecule has 0 radical (unpaired) electrons. The number of nitrogens with zero attached hydrogens (tertiary/aromatic N) is 1. The molecule has 24 heavy (non-hydrogen) atoms. The van der Waals surface area contributed by atoms with Gasteiger partial charge in [-0.15, -0.1) is 12.4 Å². The van der Waals surface area contributed by atoms with Crippen LogP contribution in [0.2, 0.25) is 0 Å². The van der Waals surface area contributed by atoms with Crippen molar-refractivity contribution in [2.24, 2.45) is 11.7 Å². The number of benzene rings is 1. The summed E-state index contributed by atoms with van der Waals surface area (Å²) in [6, 6.07) is 7.80. The number of hydrogen-bond donors (Lipinski definition) is 1. The Morgan fingerprint density at radius 2 is 1.96 bits per heavy atom. The quantitative estimate of drug-likeness (QED) is 0.902. The first kappa shape index (κ1) is 18.9. The second kappa shape index (κ2) is 8.58. The molecule has 1 amide bonds. The van der Waals surface area contributed by atoms with Crippen molar-refractivity contribution in [2.75, 3.05) is 20.2 Å². The Kier molecular flexibility index (Phi) is 6.75. The molecule has 1 aliphatic heterocycles. The number of halogens is 1. The van der Waals surface area contributed by atoms with Crippen molar-refractivity contribution < 1.29 is 14.3 Å². The lowest BCUT2D eigenvalue weighted by Crippen LogP contribution is -2.43. The number of nitrogens with two attached hydrogens (primary N) is 1. The largest absolute Gasteiger partial charge is 0.486 e.